The number of anilines is 3. The highest BCUT2D eigenvalue weighted by Crippen LogP contribution is 2.21. The van der Waals surface area contributed by atoms with Crippen LogP contribution in [0.5, 0.6) is 0 Å². The summed E-state index contributed by atoms with van der Waals surface area (Å²) < 4.78 is 26.8. The number of carbonyl (C=O) groups excluding carboxylic acids is 2. The maximum atomic E-state index is 13.8. The van der Waals surface area contributed by atoms with Crippen molar-refractivity contribution in [2.45, 2.75) is 19.3 Å². The first-order chi connectivity index (χ1) is 17.0. The molecule has 0 bridgehead atoms. The summed E-state index contributed by atoms with van der Waals surface area (Å²) in [5.74, 6) is -1.51. The molecule has 3 amide bonds. The van der Waals surface area contributed by atoms with Gasteiger partial charge in [0.05, 0.1) is 5.69 Å². The van der Waals surface area contributed by atoms with Crippen molar-refractivity contribution in [3.05, 3.63) is 90.0 Å². The molecule has 2 N–H and O–H groups in total. The molecule has 0 atom stereocenters. The van der Waals surface area contributed by atoms with Gasteiger partial charge in [0.25, 0.3) is 0 Å². The molecule has 1 aliphatic heterocycles. The predicted octanol–water partition coefficient (Wildman–Crippen LogP) is 5.28. The van der Waals surface area contributed by atoms with Gasteiger partial charge in [-0.05, 0) is 54.8 Å². The van der Waals surface area contributed by atoms with Gasteiger partial charge in [-0.15, -0.1) is 0 Å². The van der Waals surface area contributed by atoms with E-state index in [0.717, 1.165) is 36.3 Å². The third-order valence-corrected chi connectivity index (χ3v) is 5.97. The average molecular weight is 479 g/mol. The van der Waals surface area contributed by atoms with Gasteiger partial charge < -0.3 is 20.4 Å². The minimum atomic E-state index is -0.805. The van der Waals surface area contributed by atoms with E-state index in [0.29, 0.717) is 32.6 Å². The minimum Gasteiger partial charge on any atom is -0.368 e. The lowest BCUT2D eigenvalue weighted by molar-refractivity contribution is -0.116. The van der Waals surface area contributed by atoms with Crippen molar-refractivity contribution >= 4 is 29.0 Å². The van der Waals surface area contributed by atoms with Crippen LogP contribution in [0.25, 0.3) is 0 Å². The van der Waals surface area contributed by atoms with Crippen LogP contribution in [-0.4, -0.2) is 43.0 Å². The van der Waals surface area contributed by atoms with E-state index in [-0.39, 0.29) is 11.6 Å². The van der Waals surface area contributed by atoms with Gasteiger partial charge in [-0.2, -0.15) is 0 Å². The van der Waals surface area contributed by atoms with Gasteiger partial charge in [0.2, 0.25) is 5.91 Å². The highest BCUT2D eigenvalue weighted by Gasteiger charge is 2.22. The maximum Gasteiger partial charge on any atom is 0.322 e. The van der Waals surface area contributed by atoms with E-state index in [9.17, 15) is 18.4 Å². The van der Waals surface area contributed by atoms with Crippen molar-refractivity contribution < 1.29 is 18.4 Å². The molecule has 3 aromatic rings. The van der Waals surface area contributed by atoms with Crippen LogP contribution in [0, 0.1) is 11.6 Å². The number of hydrogen-bond acceptors (Lipinski definition) is 3. The van der Waals surface area contributed by atoms with Crippen molar-refractivity contribution in [3.8, 4) is 0 Å². The predicted molar refractivity (Wildman–Crippen MR) is 134 cm³/mol. The zero-order valence-corrected chi connectivity index (χ0v) is 19.3. The quantitative estimate of drug-likeness (QED) is 0.486. The van der Waals surface area contributed by atoms with Crippen molar-refractivity contribution in [2.75, 3.05) is 41.7 Å². The summed E-state index contributed by atoms with van der Waals surface area (Å²) in [5.41, 5.74) is 2.93. The molecular weight excluding hydrogens is 450 g/mol. The van der Waals surface area contributed by atoms with Crippen molar-refractivity contribution in [1.29, 1.82) is 0 Å². The number of urea groups is 1. The largest absolute Gasteiger partial charge is 0.368 e. The fourth-order valence-electron chi connectivity index (χ4n) is 4.03. The lowest BCUT2D eigenvalue weighted by Crippen LogP contribution is -2.50. The first-order valence-electron chi connectivity index (χ1n) is 11.7. The topological polar surface area (TPSA) is 64.7 Å². The maximum absolute atomic E-state index is 13.8. The summed E-state index contributed by atoms with van der Waals surface area (Å²) in [6, 6.07) is 20.4. The molecule has 0 unspecified atom stereocenters. The van der Waals surface area contributed by atoms with E-state index in [1.807, 2.05) is 42.5 Å². The van der Waals surface area contributed by atoms with E-state index in [4.69, 9.17) is 0 Å². The normalized spacial score (nSPS) is 13.4. The van der Waals surface area contributed by atoms with Gasteiger partial charge >= 0.3 is 6.03 Å². The Labute approximate surface area is 203 Å². The number of piperazine rings is 1. The lowest BCUT2D eigenvalue weighted by Gasteiger charge is -2.36. The Morgan fingerprint density at radius 2 is 1.54 bits per heavy atom. The number of amides is 3. The highest BCUT2D eigenvalue weighted by molar-refractivity contribution is 5.91. The molecule has 1 fully saturated rings. The van der Waals surface area contributed by atoms with Crippen LogP contribution in [0.4, 0.5) is 30.6 Å². The lowest BCUT2D eigenvalue weighted by atomic mass is 10.1. The van der Waals surface area contributed by atoms with E-state index in [2.05, 4.69) is 27.7 Å². The molecule has 0 saturated carbocycles. The first kappa shape index (κ1) is 24.2. The van der Waals surface area contributed by atoms with E-state index in [1.165, 1.54) is 11.6 Å². The summed E-state index contributed by atoms with van der Waals surface area (Å²) in [6.45, 7) is 2.16. The smallest absolute Gasteiger partial charge is 0.322 e. The molecule has 1 heterocycles. The van der Waals surface area contributed by atoms with Crippen molar-refractivity contribution in [1.82, 2.24) is 4.90 Å². The van der Waals surface area contributed by atoms with E-state index < -0.39 is 17.7 Å². The number of nitrogens with zero attached hydrogens (tertiary/aromatic N) is 2. The molecule has 3 aromatic carbocycles. The van der Waals surface area contributed by atoms with E-state index >= 15 is 0 Å². The Hall–Kier alpha value is -3.94. The van der Waals surface area contributed by atoms with Gasteiger partial charge in [-0.1, -0.05) is 30.3 Å². The van der Waals surface area contributed by atoms with Crippen LogP contribution in [0.1, 0.15) is 18.4 Å². The number of hydrogen-bond donors (Lipinski definition) is 2. The third-order valence-electron chi connectivity index (χ3n) is 5.97. The Morgan fingerprint density at radius 1 is 0.829 bits per heavy atom. The molecule has 0 spiro atoms. The Bertz CT molecular complexity index is 1150. The molecule has 8 heteroatoms. The van der Waals surface area contributed by atoms with Crippen LogP contribution < -0.4 is 15.5 Å². The molecule has 1 aliphatic rings. The monoisotopic (exact) mass is 478 g/mol. The Balaban J connectivity index is 1.21. The van der Waals surface area contributed by atoms with Crippen molar-refractivity contribution in [3.63, 3.8) is 0 Å². The minimum absolute atomic E-state index is 0.00843. The summed E-state index contributed by atoms with van der Waals surface area (Å²) in [4.78, 5) is 28.4. The van der Waals surface area contributed by atoms with Gasteiger partial charge in [0, 0.05) is 50.0 Å². The number of carbonyl (C=O) groups is 2. The van der Waals surface area contributed by atoms with Crippen LogP contribution >= 0.6 is 0 Å². The van der Waals surface area contributed by atoms with Gasteiger partial charge in [0.1, 0.15) is 11.6 Å². The molecule has 0 radical (unpaired) electrons. The average Bonchev–Trinajstić information content (AvgIpc) is 2.87. The fraction of sp³-hybridized carbons (Fsp3) is 0.259. The SMILES string of the molecule is O=C(CCCc1ccccc1)Nc1ccc(N2CCN(C(=O)Nc3ccc(F)cc3F)CC2)cc1. The van der Waals surface area contributed by atoms with Gasteiger partial charge in [-0.3, -0.25) is 4.79 Å². The molecule has 4 rings (SSSR count). The first-order valence-corrected chi connectivity index (χ1v) is 11.7. The van der Waals surface area contributed by atoms with Crippen molar-refractivity contribution in [2.24, 2.45) is 0 Å². The van der Waals surface area contributed by atoms with E-state index in [1.54, 1.807) is 4.90 Å². The number of aryl methyl sites for hydroxylation is 1. The second kappa shape index (κ2) is 11.5. The molecule has 6 nitrogen and oxygen atoms in total. The van der Waals surface area contributed by atoms with Crippen LogP contribution in [0.3, 0.4) is 0 Å². The molecule has 182 valence electrons. The summed E-state index contributed by atoms with van der Waals surface area (Å²) >= 11 is 0. The number of rotatable bonds is 7. The second-order valence-electron chi connectivity index (χ2n) is 8.46. The zero-order chi connectivity index (χ0) is 24.6. The number of halogens is 2. The summed E-state index contributed by atoms with van der Waals surface area (Å²) in [7, 11) is 0. The standard InChI is InChI=1S/C27H28F2N4O2/c28-21-9-14-25(24(29)19-21)31-27(35)33-17-15-32(16-18-33)23-12-10-22(11-13-23)30-26(34)8-4-7-20-5-2-1-3-6-20/h1-3,5-6,9-14,19H,4,7-8,15-18H2,(H,30,34)(H,31,35). The summed E-state index contributed by atoms with van der Waals surface area (Å²) in [6.07, 6.45) is 2.12. The molecule has 0 aromatic heterocycles. The van der Waals surface area contributed by atoms with Crippen LogP contribution in [0.15, 0.2) is 72.8 Å². The number of nitrogens with one attached hydrogen (secondary N) is 2. The molecule has 35 heavy (non-hydrogen) atoms. The number of benzene rings is 3. The second-order valence-corrected chi connectivity index (χ2v) is 8.46. The summed E-state index contributed by atoms with van der Waals surface area (Å²) in [5, 5.41) is 5.44. The molecule has 1 saturated heterocycles. The fourth-order valence-corrected chi connectivity index (χ4v) is 4.03. The zero-order valence-electron chi connectivity index (χ0n) is 19.3. The van der Waals surface area contributed by atoms with Gasteiger partial charge in [0.15, 0.2) is 0 Å². The van der Waals surface area contributed by atoms with Crippen LogP contribution in [-0.2, 0) is 11.2 Å². The molecule has 0 aliphatic carbocycles. The van der Waals surface area contributed by atoms with Gasteiger partial charge in [-0.25, -0.2) is 13.6 Å². The Morgan fingerprint density at radius 3 is 2.23 bits per heavy atom. The Kier molecular flexibility index (Phi) is 7.92. The molecular formula is C27H28F2N4O2. The third kappa shape index (κ3) is 6.79. The highest BCUT2D eigenvalue weighted by atomic mass is 19.1. The van der Waals surface area contributed by atoms with Crippen LogP contribution in [0.2, 0.25) is 0 Å².